The third-order valence-corrected chi connectivity index (χ3v) is 5.92. The van der Waals surface area contributed by atoms with E-state index in [1.54, 1.807) is 0 Å². The van der Waals surface area contributed by atoms with Crippen molar-refractivity contribution in [3.8, 4) is 11.5 Å². The lowest BCUT2D eigenvalue weighted by molar-refractivity contribution is -0.278. The molecule has 1 aliphatic carbocycles. The maximum Gasteiger partial charge on any atom is 0.383 e. The summed E-state index contributed by atoms with van der Waals surface area (Å²) < 4.78 is 45.5. The number of alkyl halides is 2. The molecule has 0 heterocycles. The molecule has 1 aromatic carbocycles. The first kappa shape index (κ1) is 28.6. The molecule has 0 atom stereocenters. The second-order valence-electron chi connectivity index (χ2n) is 8.77. The quantitative estimate of drug-likeness (QED) is 0.175. The number of carbonyl (C=O) groups excluding carboxylic acids is 2. The number of esters is 2. The van der Waals surface area contributed by atoms with E-state index in [1.165, 1.54) is 6.42 Å². The van der Waals surface area contributed by atoms with Crippen molar-refractivity contribution in [3.63, 3.8) is 0 Å². The number of aliphatic hydroxyl groups is 2. The van der Waals surface area contributed by atoms with Gasteiger partial charge < -0.3 is 24.4 Å². The van der Waals surface area contributed by atoms with Crippen LogP contribution in [0.5, 0.6) is 11.5 Å². The van der Waals surface area contributed by atoms with Crippen LogP contribution in [0, 0.1) is 5.92 Å². The lowest BCUT2D eigenvalue weighted by Crippen LogP contribution is -2.30. The normalized spacial score (nSPS) is 18.1. The standard InChI is InChI=1S/C26H34F2O7/c1-4-5-6-7-19-8-10-21(11-9-19)35-26(27,28)20-12-22(33-24(31)17(2)15-29)14-23(13-20)34-25(32)18(3)16-30/h12-14,19,21,29-30H,2-11,15-16H2,1H3. The molecule has 1 saturated carbocycles. The number of unbranched alkanes of at least 4 members (excludes halogenated alkanes) is 2. The fourth-order valence-corrected chi connectivity index (χ4v) is 3.84. The number of carbonyl (C=O) groups is 2. The Bertz CT molecular complexity index is 857. The van der Waals surface area contributed by atoms with E-state index in [9.17, 15) is 9.59 Å². The van der Waals surface area contributed by atoms with Crippen LogP contribution in [0.4, 0.5) is 8.78 Å². The predicted molar refractivity (Wildman–Crippen MR) is 125 cm³/mol. The molecule has 0 radical (unpaired) electrons. The number of rotatable bonds is 13. The Hall–Kier alpha value is -2.62. The van der Waals surface area contributed by atoms with Crippen molar-refractivity contribution in [1.82, 2.24) is 0 Å². The Morgan fingerprint density at radius 1 is 0.943 bits per heavy atom. The first-order valence-corrected chi connectivity index (χ1v) is 11.8. The summed E-state index contributed by atoms with van der Waals surface area (Å²) in [6.07, 6.45) is 2.79. The van der Waals surface area contributed by atoms with Gasteiger partial charge >= 0.3 is 18.0 Å². The third-order valence-electron chi connectivity index (χ3n) is 5.92. The largest absolute Gasteiger partial charge is 0.423 e. The molecule has 194 valence electrons. The Kier molecular flexibility index (Phi) is 11.0. The molecule has 1 fully saturated rings. The molecule has 0 saturated heterocycles. The molecular formula is C26H34F2O7. The van der Waals surface area contributed by atoms with Crippen molar-refractivity contribution < 1.29 is 42.8 Å². The second-order valence-corrected chi connectivity index (χ2v) is 8.77. The van der Waals surface area contributed by atoms with Gasteiger partial charge in [0.25, 0.3) is 0 Å². The molecule has 2 N–H and O–H groups in total. The van der Waals surface area contributed by atoms with Crippen molar-refractivity contribution in [1.29, 1.82) is 0 Å². The van der Waals surface area contributed by atoms with Gasteiger partial charge in [-0.1, -0.05) is 45.8 Å². The minimum Gasteiger partial charge on any atom is -0.423 e. The van der Waals surface area contributed by atoms with Gasteiger partial charge in [0.15, 0.2) is 0 Å². The van der Waals surface area contributed by atoms with Crippen molar-refractivity contribution in [2.24, 2.45) is 5.92 Å². The smallest absolute Gasteiger partial charge is 0.383 e. The van der Waals surface area contributed by atoms with Crippen LogP contribution in [-0.2, 0) is 20.4 Å². The van der Waals surface area contributed by atoms with Crippen molar-refractivity contribution in [2.75, 3.05) is 13.2 Å². The van der Waals surface area contributed by atoms with Crippen LogP contribution in [0.1, 0.15) is 63.9 Å². The molecule has 9 heteroatoms. The highest BCUT2D eigenvalue weighted by molar-refractivity contribution is 5.90. The molecule has 0 bridgehead atoms. The monoisotopic (exact) mass is 496 g/mol. The topological polar surface area (TPSA) is 102 Å². The van der Waals surface area contributed by atoms with Crippen LogP contribution in [0.2, 0.25) is 0 Å². The molecule has 35 heavy (non-hydrogen) atoms. The Morgan fingerprint density at radius 3 is 1.91 bits per heavy atom. The van der Waals surface area contributed by atoms with Gasteiger partial charge in [-0.15, -0.1) is 0 Å². The van der Waals surface area contributed by atoms with Gasteiger partial charge in [0.2, 0.25) is 0 Å². The summed E-state index contributed by atoms with van der Waals surface area (Å²) in [7, 11) is 0. The van der Waals surface area contributed by atoms with Gasteiger partial charge in [-0.2, -0.15) is 8.78 Å². The Morgan fingerprint density at radius 2 is 1.46 bits per heavy atom. The summed E-state index contributed by atoms with van der Waals surface area (Å²) in [5.41, 5.74) is -1.26. The summed E-state index contributed by atoms with van der Waals surface area (Å²) in [4.78, 5) is 24.0. The van der Waals surface area contributed by atoms with Crippen molar-refractivity contribution in [2.45, 2.75) is 70.5 Å². The maximum absolute atomic E-state index is 15.2. The molecule has 0 aromatic heterocycles. The van der Waals surface area contributed by atoms with E-state index in [1.807, 2.05) is 0 Å². The summed E-state index contributed by atoms with van der Waals surface area (Å²) in [5.74, 6) is -2.27. The van der Waals surface area contributed by atoms with E-state index in [4.69, 9.17) is 24.4 Å². The van der Waals surface area contributed by atoms with Crippen LogP contribution >= 0.6 is 0 Å². The lowest BCUT2D eigenvalue weighted by atomic mass is 9.84. The minimum absolute atomic E-state index is 0.290. The predicted octanol–water partition coefficient (Wildman–Crippen LogP) is 4.80. The molecular weight excluding hydrogens is 462 g/mol. The van der Waals surface area contributed by atoms with E-state index >= 15 is 8.78 Å². The van der Waals surface area contributed by atoms with Crippen LogP contribution in [0.25, 0.3) is 0 Å². The van der Waals surface area contributed by atoms with Gasteiger partial charge in [0, 0.05) is 6.07 Å². The first-order valence-electron chi connectivity index (χ1n) is 11.8. The molecule has 0 unspecified atom stereocenters. The van der Waals surface area contributed by atoms with Crippen LogP contribution in [0.3, 0.4) is 0 Å². The summed E-state index contributed by atoms with van der Waals surface area (Å²) in [6.45, 7) is 7.43. The molecule has 2 rings (SSSR count). The highest BCUT2D eigenvalue weighted by atomic mass is 19.3. The van der Waals surface area contributed by atoms with E-state index in [0.717, 1.165) is 50.3 Å². The van der Waals surface area contributed by atoms with Crippen LogP contribution in [-0.4, -0.2) is 41.5 Å². The number of hydrogen-bond donors (Lipinski definition) is 2. The average Bonchev–Trinajstić information content (AvgIpc) is 2.83. The zero-order chi connectivity index (χ0) is 26.0. The molecule has 0 amide bonds. The number of ether oxygens (including phenoxy) is 3. The second kappa shape index (κ2) is 13.5. The zero-order valence-electron chi connectivity index (χ0n) is 20.1. The third kappa shape index (κ3) is 8.83. The highest BCUT2D eigenvalue weighted by Crippen LogP contribution is 2.39. The minimum atomic E-state index is -3.76. The molecule has 0 aliphatic heterocycles. The number of halogens is 2. The SMILES string of the molecule is C=C(CO)C(=O)Oc1cc(OC(=O)C(=C)CO)cc(C(F)(F)OC2CCC(CCCCC)CC2)c1. The van der Waals surface area contributed by atoms with Gasteiger partial charge in [0.05, 0.1) is 36.0 Å². The van der Waals surface area contributed by atoms with Gasteiger partial charge in [-0.3, -0.25) is 0 Å². The molecule has 7 nitrogen and oxygen atoms in total. The van der Waals surface area contributed by atoms with E-state index in [2.05, 4.69) is 20.1 Å². The van der Waals surface area contributed by atoms with E-state index < -0.39 is 42.9 Å². The number of hydrogen-bond acceptors (Lipinski definition) is 7. The van der Waals surface area contributed by atoms with E-state index in [-0.39, 0.29) is 22.6 Å². The molecule has 1 aromatic rings. The summed E-state index contributed by atoms with van der Waals surface area (Å²) in [6, 6.07) is 2.85. The van der Waals surface area contributed by atoms with Crippen LogP contribution < -0.4 is 9.47 Å². The Balaban J connectivity index is 2.18. The maximum atomic E-state index is 15.2. The molecule has 1 aliphatic rings. The van der Waals surface area contributed by atoms with Crippen molar-refractivity contribution in [3.05, 3.63) is 48.1 Å². The summed E-state index contributed by atoms with van der Waals surface area (Å²) in [5, 5.41) is 18.1. The number of aliphatic hydroxyl groups excluding tert-OH is 2. The first-order chi connectivity index (χ1) is 16.6. The number of benzene rings is 1. The molecule has 0 spiro atoms. The van der Waals surface area contributed by atoms with Crippen LogP contribution in [0.15, 0.2) is 42.5 Å². The zero-order valence-corrected chi connectivity index (χ0v) is 20.1. The average molecular weight is 497 g/mol. The van der Waals surface area contributed by atoms with E-state index in [0.29, 0.717) is 18.8 Å². The van der Waals surface area contributed by atoms with Gasteiger partial charge in [-0.25, -0.2) is 9.59 Å². The van der Waals surface area contributed by atoms with Gasteiger partial charge in [0.1, 0.15) is 11.5 Å². The van der Waals surface area contributed by atoms with Crippen molar-refractivity contribution >= 4 is 11.9 Å². The lowest BCUT2D eigenvalue weighted by Gasteiger charge is -2.31. The fourth-order valence-electron chi connectivity index (χ4n) is 3.84. The summed E-state index contributed by atoms with van der Waals surface area (Å²) >= 11 is 0. The fraction of sp³-hybridized carbons (Fsp3) is 0.538. The Labute approximate surface area is 204 Å². The highest BCUT2D eigenvalue weighted by Gasteiger charge is 2.38. The van der Waals surface area contributed by atoms with Gasteiger partial charge in [-0.05, 0) is 43.7 Å².